The number of nitrogens with zero attached hydrogens (tertiary/aromatic N) is 2. The highest BCUT2D eigenvalue weighted by molar-refractivity contribution is 6.11. The summed E-state index contributed by atoms with van der Waals surface area (Å²) in [6.45, 7) is 5.17. The first-order valence-electron chi connectivity index (χ1n) is 8.02. The van der Waals surface area contributed by atoms with Crippen molar-refractivity contribution in [2.45, 2.75) is 27.2 Å². The molecular formula is C17H20N2O6. The standard InChI is InChI=1S/C17H20N2O6/c1-4-11(3)15(21)25-19-14(20)10-18(17(19)23)13-8-6-12(7-9-13)16(22)24-5-2/h6-9,11H,4-5,10H2,1-3H3. The molecule has 0 radical (unpaired) electrons. The number of imide groups is 1. The lowest BCUT2D eigenvalue weighted by molar-refractivity contribution is -0.185. The molecule has 2 rings (SSSR count). The molecule has 1 aromatic rings. The molecule has 8 heteroatoms. The molecule has 1 unspecified atom stereocenters. The van der Waals surface area contributed by atoms with Crippen LogP contribution in [0.1, 0.15) is 37.6 Å². The van der Waals surface area contributed by atoms with Gasteiger partial charge in [0.25, 0.3) is 5.91 Å². The van der Waals surface area contributed by atoms with E-state index in [1.165, 1.54) is 29.2 Å². The normalized spacial score (nSPS) is 15.3. The minimum atomic E-state index is -0.745. The van der Waals surface area contributed by atoms with Crippen LogP contribution in [0.2, 0.25) is 0 Å². The van der Waals surface area contributed by atoms with Crippen LogP contribution in [0.3, 0.4) is 0 Å². The van der Waals surface area contributed by atoms with Gasteiger partial charge in [0.2, 0.25) is 0 Å². The lowest BCUT2D eigenvalue weighted by Gasteiger charge is -2.17. The number of carbonyl (C=O) groups is 4. The van der Waals surface area contributed by atoms with E-state index in [1.54, 1.807) is 20.8 Å². The number of rotatable bonds is 6. The highest BCUT2D eigenvalue weighted by Crippen LogP contribution is 2.22. The molecule has 1 aliphatic heterocycles. The Labute approximate surface area is 145 Å². The molecule has 1 aromatic carbocycles. The molecule has 0 spiro atoms. The van der Waals surface area contributed by atoms with Crippen molar-refractivity contribution < 1.29 is 28.8 Å². The average Bonchev–Trinajstić information content (AvgIpc) is 2.89. The molecule has 0 aromatic heterocycles. The minimum absolute atomic E-state index is 0.245. The Bertz CT molecular complexity index is 685. The summed E-state index contributed by atoms with van der Waals surface area (Å²) in [5, 5.41) is 0.480. The average molecular weight is 348 g/mol. The van der Waals surface area contributed by atoms with Gasteiger partial charge in [-0.25, -0.2) is 14.4 Å². The number of hydroxylamine groups is 2. The second-order valence-corrected chi connectivity index (χ2v) is 5.54. The Morgan fingerprint density at radius 3 is 2.36 bits per heavy atom. The molecule has 1 heterocycles. The van der Waals surface area contributed by atoms with Gasteiger partial charge in [0.15, 0.2) is 0 Å². The lowest BCUT2D eigenvalue weighted by Crippen LogP contribution is -2.36. The number of anilines is 1. The van der Waals surface area contributed by atoms with Crippen LogP contribution >= 0.6 is 0 Å². The van der Waals surface area contributed by atoms with Crippen LogP contribution in [-0.4, -0.2) is 42.1 Å². The van der Waals surface area contributed by atoms with Crippen LogP contribution in [-0.2, 0) is 19.2 Å². The van der Waals surface area contributed by atoms with Crippen LogP contribution < -0.4 is 4.90 Å². The lowest BCUT2D eigenvalue weighted by atomic mass is 10.1. The monoisotopic (exact) mass is 348 g/mol. The van der Waals surface area contributed by atoms with Gasteiger partial charge in [0, 0.05) is 5.69 Å². The van der Waals surface area contributed by atoms with E-state index in [0.717, 1.165) is 0 Å². The summed E-state index contributed by atoms with van der Waals surface area (Å²) in [6.07, 6.45) is 0.536. The number of urea groups is 1. The van der Waals surface area contributed by atoms with E-state index in [2.05, 4.69) is 0 Å². The Morgan fingerprint density at radius 1 is 1.16 bits per heavy atom. The predicted octanol–water partition coefficient (Wildman–Crippen LogP) is 2.14. The number of hydrogen-bond donors (Lipinski definition) is 0. The van der Waals surface area contributed by atoms with Crippen LogP contribution in [0.5, 0.6) is 0 Å². The molecule has 1 fully saturated rings. The van der Waals surface area contributed by atoms with E-state index in [9.17, 15) is 19.2 Å². The van der Waals surface area contributed by atoms with E-state index in [-0.39, 0.29) is 13.2 Å². The van der Waals surface area contributed by atoms with Crippen molar-refractivity contribution in [3.8, 4) is 0 Å². The summed E-state index contributed by atoms with van der Waals surface area (Å²) >= 11 is 0. The van der Waals surface area contributed by atoms with Gasteiger partial charge in [-0.1, -0.05) is 18.9 Å². The summed E-state index contributed by atoms with van der Waals surface area (Å²) in [5.74, 6) is -2.15. The van der Waals surface area contributed by atoms with Gasteiger partial charge in [-0.3, -0.25) is 9.69 Å². The number of ether oxygens (including phenoxy) is 1. The van der Waals surface area contributed by atoms with Crippen LogP contribution in [0, 0.1) is 5.92 Å². The largest absolute Gasteiger partial charge is 0.462 e. The van der Waals surface area contributed by atoms with E-state index < -0.39 is 29.8 Å². The van der Waals surface area contributed by atoms with Crippen molar-refractivity contribution in [2.24, 2.45) is 5.92 Å². The molecule has 1 aliphatic rings. The van der Waals surface area contributed by atoms with Gasteiger partial charge < -0.3 is 9.57 Å². The SMILES string of the molecule is CCOC(=O)c1ccc(N2CC(=O)N(OC(=O)C(C)CC)C2=O)cc1. The van der Waals surface area contributed by atoms with Crippen molar-refractivity contribution >= 4 is 29.6 Å². The maximum atomic E-state index is 12.3. The van der Waals surface area contributed by atoms with E-state index >= 15 is 0 Å². The number of hydrogen-bond acceptors (Lipinski definition) is 6. The fourth-order valence-corrected chi connectivity index (χ4v) is 2.11. The fourth-order valence-electron chi connectivity index (χ4n) is 2.11. The second-order valence-electron chi connectivity index (χ2n) is 5.54. The number of esters is 1. The van der Waals surface area contributed by atoms with Gasteiger partial charge in [-0.05, 0) is 37.6 Å². The van der Waals surface area contributed by atoms with Gasteiger partial charge in [0.1, 0.15) is 6.54 Å². The molecule has 0 bridgehead atoms. The zero-order valence-electron chi connectivity index (χ0n) is 14.4. The molecule has 0 saturated carbocycles. The summed E-state index contributed by atoms with van der Waals surface area (Å²) in [4.78, 5) is 53.9. The Hall–Kier alpha value is -2.90. The Morgan fingerprint density at radius 2 is 1.80 bits per heavy atom. The quantitative estimate of drug-likeness (QED) is 0.577. The highest BCUT2D eigenvalue weighted by Gasteiger charge is 2.40. The molecule has 1 saturated heterocycles. The second kappa shape index (κ2) is 7.78. The minimum Gasteiger partial charge on any atom is -0.462 e. The van der Waals surface area contributed by atoms with Crippen molar-refractivity contribution in [1.29, 1.82) is 0 Å². The molecule has 134 valence electrons. The van der Waals surface area contributed by atoms with E-state index in [1.807, 2.05) is 0 Å². The van der Waals surface area contributed by atoms with Crippen molar-refractivity contribution in [3.63, 3.8) is 0 Å². The first kappa shape index (κ1) is 18.4. The molecule has 1 atom stereocenters. The van der Waals surface area contributed by atoms with Crippen LogP contribution in [0.25, 0.3) is 0 Å². The summed E-state index contributed by atoms with van der Waals surface area (Å²) in [6, 6.07) is 5.30. The third kappa shape index (κ3) is 3.96. The highest BCUT2D eigenvalue weighted by atomic mass is 16.7. The van der Waals surface area contributed by atoms with E-state index in [4.69, 9.17) is 9.57 Å². The van der Waals surface area contributed by atoms with E-state index in [0.29, 0.717) is 22.7 Å². The van der Waals surface area contributed by atoms with Crippen LogP contribution in [0.4, 0.5) is 10.5 Å². The Kier molecular flexibility index (Phi) is 5.74. The molecule has 0 aliphatic carbocycles. The molecule has 8 nitrogen and oxygen atoms in total. The third-order valence-electron chi connectivity index (χ3n) is 3.81. The summed E-state index contributed by atoms with van der Waals surface area (Å²) in [7, 11) is 0. The first-order chi connectivity index (χ1) is 11.9. The van der Waals surface area contributed by atoms with Crippen LogP contribution in [0.15, 0.2) is 24.3 Å². The van der Waals surface area contributed by atoms with Crippen molar-refractivity contribution in [1.82, 2.24) is 5.06 Å². The maximum absolute atomic E-state index is 12.3. The molecule has 3 amide bonds. The molecular weight excluding hydrogens is 328 g/mol. The zero-order chi connectivity index (χ0) is 18.6. The Balaban J connectivity index is 2.11. The zero-order valence-corrected chi connectivity index (χ0v) is 14.4. The number of amides is 3. The number of carbonyl (C=O) groups excluding carboxylic acids is 4. The van der Waals surface area contributed by atoms with Crippen molar-refractivity contribution in [3.05, 3.63) is 29.8 Å². The van der Waals surface area contributed by atoms with Gasteiger partial charge in [0.05, 0.1) is 18.1 Å². The summed E-state index contributed by atoms with van der Waals surface area (Å²) in [5.41, 5.74) is 0.747. The third-order valence-corrected chi connectivity index (χ3v) is 3.81. The molecule has 0 N–H and O–H groups in total. The van der Waals surface area contributed by atoms with Crippen molar-refractivity contribution in [2.75, 3.05) is 18.1 Å². The summed E-state index contributed by atoms with van der Waals surface area (Å²) < 4.78 is 4.89. The first-order valence-corrected chi connectivity index (χ1v) is 8.02. The topological polar surface area (TPSA) is 93.2 Å². The van der Waals surface area contributed by atoms with Gasteiger partial charge in [-0.15, -0.1) is 0 Å². The fraction of sp³-hybridized carbons (Fsp3) is 0.412. The predicted molar refractivity (Wildman–Crippen MR) is 87.5 cm³/mol. The maximum Gasteiger partial charge on any atom is 0.365 e. The smallest absolute Gasteiger partial charge is 0.365 e. The number of benzene rings is 1. The van der Waals surface area contributed by atoms with Gasteiger partial charge in [-0.2, -0.15) is 0 Å². The van der Waals surface area contributed by atoms with Gasteiger partial charge >= 0.3 is 18.0 Å². The molecule has 25 heavy (non-hydrogen) atoms.